The lowest BCUT2D eigenvalue weighted by atomic mass is 10.1. The predicted molar refractivity (Wildman–Crippen MR) is 132 cm³/mol. The molecule has 1 amide bonds. The van der Waals surface area contributed by atoms with Gasteiger partial charge in [0.1, 0.15) is 11.6 Å². The Morgan fingerprint density at radius 2 is 1.77 bits per heavy atom. The Balaban J connectivity index is 0.00000342. The van der Waals surface area contributed by atoms with E-state index in [-0.39, 0.29) is 35.8 Å². The summed E-state index contributed by atoms with van der Waals surface area (Å²) in [6, 6.07) is 12.8. The van der Waals surface area contributed by atoms with Crippen molar-refractivity contribution in [2.75, 3.05) is 31.6 Å². The molecule has 1 saturated heterocycles. The summed E-state index contributed by atoms with van der Waals surface area (Å²) in [5, 5.41) is 6.94. The third kappa shape index (κ3) is 7.60. The molecule has 0 saturated carbocycles. The largest absolute Gasteiger partial charge is 0.449 e. The summed E-state index contributed by atoms with van der Waals surface area (Å²) in [6.45, 7) is 3.60. The van der Waals surface area contributed by atoms with Gasteiger partial charge in [-0.05, 0) is 68.2 Å². The lowest BCUT2D eigenvalue weighted by molar-refractivity contribution is 0.154. The Morgan fingerprint density at radius 3 is 2.51 bits per heavy atom. The minimum Gasteiger partial charge on any atom is -0.449 e. The second-order valence-electron chi connectivity index (χ2n) is 8.24. The number of hydrogen-bond acceptors (Lipinski definition) is 5. The highest BCUT2D eigenvalue weighted by molar-refractivity contribution is 5.85. The molecule has 1 fully saturated rings. The maximum absolute atomic E-state index is 13.6. The highest BCUT2D eigenvalue weighted by Gasteiger charge is 2.12. The van der Waals surface area contributed by atoms with Crippen molar-refractivity contribution in [1.29, 1.82) is 0 Å². The van der Waals surface area contributed by atoms with E-state index in [9.17, 15) is 18.4 Å². The number of aromatic nitrogens is 2. The van der Waals surface area contributed by atoms with E-state index in [0.29, 0.717) is 17.9 Å². The average molecular weight is 505 g/mol. The number of carbonyl (C=O) groups excluding carboxylic acids is 1. The summed E-state index contributed by atoms with van der Waals surface area (Å²) in [5.74, 6) is -1.45. The summed E-state index contributed by atoms with van der Waals surface area (Å²) in [4.78, 5) is 26.8. The van der Waals surface area contributed by atoms with Crippen LogP contribution >= 0.6 is 12.4 Å². The maximum Gasteiger partial charge on any atom is 0.411 e. The van der Waals surface area contributed by atoms with Crippen LogP contribution in [0.25, 0.3) is 11.3 Å². The summed E-state index contributed by atoms with van der Waals surface area (Å²) in [5.41, 5.74) is 1.37. The number of halogens is 3. The number of rotatable bonds is 8. The van der Waals surface area contributed by atoms with Crippen molar-refractivity contribution in [2.45, 2.75) is 25.8 Å². The van der Waals surface area contributed by atoms with E-state index in [4.69, 9.17) is 4.74 Å². The summed E-state index contributed by atoms with van der Waals surface area (Å²) < 4.78 is 33.6. The molecule has 10 heteroatoms. The van der Waals surface area contributed by atoms with E-state index in [2.05, 4.69) is 15.3 Å². The van der Waals surface area contributed by atoms with Crippen molar-refractivity contribution in [3.63, 3.8) is 0 Å². The third-order valence-corrected chi connectivity index (χ3v) is 5.58. The molecule has 1 aliphatic heterocycles. The summed E-state index contributed by atoms with van der Waals surface area (Å²) >= 11 is 0. The van der Waals surface area contributed by atoms with Gasteiger partial charge in [-0.3, -0.25) is 10.1 Å². The summed E-state index contributed by atoms with van der Waals surface area (Å²) in [6.07, 6.45) is 2.71. The molecule has 7 nitrogen and oxygen atoms in total. The zero-order valence-corrected chi connectivity index (χ0v) is 19.9. The fraction of sp³-hybridized carbons (Fsp3) is 0.320. The van der Waals surface area contributed by atoms with Gasteiger partial charge in [-0.2, -0.15) is 5.10 Å². The van der Waals surface area contributed by atoms with Crippen molar-refractivity contribution in [2.24, 2.45) is 0 Å². The zero-order chi connectivity index (χ0) is 23.9. The molecule has 2 heterocycles. The SMILES string of the molecule is Cl.O=C(Nc1cccc(Cn2nc(-c3cc(F)cc(F)c3)ccc2=O)c1)OCCCN1CCCC1. The number of benzene rings is 2. The first-order valence-corrected chi connectivity index (χ1v) is 11.3. The minimum absolute atomic E-state index is 0. The van der Waals surface area contributed by atoms with Gasteiger partial charge in [-0.1, -0.05) is 12.1 Å². The van der Waals surface area contributed by atoms with Crippen LogP contribution in [0.3, 0.4) is 0 Å². The number of carbonyl (C=O) groups is 1. The van der Waals surface area contributed by atoms with Crippen molar-refractivity contribution >= 4 is 24.2 Å². The smallest absolute Gasteiger partial charge is 0.411 e. The number of anilines is 1. The lowest BCUT2D eigenvalue weighted by Gasteiger charge is -2.14. The second kappa shape index (κ2) is 12.4. The first-order chi connectivity index (χ1) is 16.5. The molecular weight excluding hydrogens is 478 g/mol. The van der Waals surface area contributed by atoms with Crippen LogP contribution < -0.4 is 10.9 Å². The lowest BCUT2D eigenvalue weighted by Crippen LogP contribution is -2.23. The zero-order valence-electron chi connectivity index (χ0n) is 19.1. The Bertz CT molecular complexity index is 1200. The molecule has 1 aliphatic rings. The van der Waals surface area contributed by atoms with Crippen molar-refractivity contribution < 1.29 is 18.3 Å². The average Bonchev–Trinajstić information content (AvgIpc) is 3.31. The third-order valence-electron chi connectivity index (χ3n) is 5.58. The highest BCUT2D eigenvalue weighted by atomic mass is 35.5. The van der Waals surface area contributed by atoms with Gasteiger partial charge < -0.3 is 9.64 Å². The van der Waals surface area contributed by atoms with Crippen LogP contribution in [-0.4, -0.2) is 47.0 Å². The fourth-order valence-corrected chi connectivity index (χ4v) is 3.95. The molecule has 2 aromatic carbocycles. The van der Waals surface area contributed by atoms with Crippen molar-refractivity contribution in [3.8, 4) is 11.3 Å². The van der Waals surface area contributed by atoms with E-state index in [1.54, 1.807) is 24.3 Å². The first-order valence-electron chi connectivity index (χ1n) is 11.3. The molecular formula is C25H27ClF2N4O3. The number of nitrogens with one attached hydrogen (secondary N) is 1. The van der Waals surface area contributed by atoms with Gasteiger partial charge in [0.25, 0.3) is 5.56 Å². The summed E-state index contributed by atoms with van der Waals surface area (Å²) in [7, 11) is 0. The van der Waals surface area contributed by atoms with E-state index < -0.39 is 17.7 Å². The minimum atomic E-state index is -0.726. The van der Waals surface area contributed by atoms with E-state index in [1.807, 2.05) is 0 Å². The molecule has 186 valence electrons. The number of amides is 1. The van der Waals surface area contributed by atoms with Gasteiger partial charge >= 0.3 is 6.09 Å². The van der Waals surface area contributed by atoms with Crippen LogP contribution in [0.4, 0.5) is 19.3 Å². The van der Waals surface area contributed by atoms with Crippen LogP contribution in [0.1, 0.15) is 24.8 Å². The Hall–Kier alpha value is -3.30. The maximum atomic E-state index is 13.6. The molecule has 3 aromatic rings. The van der Waals surface area contributed by atoms with Gasteiger partial charge in [0.15, 0.2) is 0 Å². The fourth-order valence-electron chi connectivity index (χ4n) is 3.95. The quantitative estimate of drug-likeness (QED) is 0.450. The molecule has 0 atom stereocenters. The van der Waals surface area contributed by atoms with E-state index in [1.165, 1.54) is 29.7 Å². The molecule has 0 bridgehead atoms. The molecule has 0 aliphatic carbocycles. The Kier molecular flexibility index (Phi) is 9.33. The number of likely N-dealkylation sites (tertiary alicyclic amines) is 1. The van der Waals surface area contributed by atoms with Gasteiger partial charge in [0.05, 0.1) is 18.8 Å². The molecule has 1 N–H and O–H groups in total. The predicted octanol–water partition coefficient (Wildman–Crippen LogP) is 4.69. The Morgan fingerprint density at radius 1 is 1.03 bits per heavy atom. The van der Waals surface area contributed by atoms with Crippen molar-refractivity contribution in [1.82, 2.24) is 14.7 Å². The van der Waals surface area contributed by atoms with Gasteiger partial charge in [-0.25, -0.2) is 18.3 Å². The topological polar surface area (TPSA) is 76.5 Å². The second-order valence-corrected chi connectivity index (χ2v) is 8.24. The van der Waals surface area contributed by atoms with Crippen LogP contribution in [0.5, 0.6) is 0 Å². The van der Waals surface area contributed by atoms with Gasteiger partial charge in [0, 0.05) is 29.9 Å². The highest BCUT2D eigenvalue weighted by Crippen LogP contribution is 2.19. The van der Waals surface area contributed by atoms with Crippen LogP contribution in [0.2, 0.25) is 0 Å². The van der Waals surface area contributed by atoms with E-state index >= 15 is 0 Å². The molecule has 4 rings (SSSR count). The van der Waals surface area contributed by atoms with Gasteiger partial charge in [-0.15, -0.1) is 12.4 Å². The first kappa shape index (κ1) is 26.3. The molecule has 35 heavy (non-hydrogen) atoms. The van der Waals surface area contributed by atoms with Crippen LogP contribution in [0, 0.1) is 11.6 Å². The molecule has 0 spiro atoms. The monoisotopic (exact) mass is 504 g/mol. The van der Waals surface area contributed by atoms with Crippen molar-refractivity contribution in [3.05, 3.63) is 82.1 Å². The molecule has 0 unspecified atom stereocenters. The number of ether oxygens (including phenoxy) is 1. The van der Waals surface area contributed by atoms with E-state index in [0.717, 1.165) is 44.3 Å². The standard InChI is InChI=1S/C25H26F2N4O3.ClH/c26-20-14-19(15-21(27)16-20)23-7-8-24(32)31(29-23)17-18-5-3-6-22(13-18)28-25(33)34-12-4-11-30-9-1-2-10-30;/h3,5-8,13-16H,1-2,4,9-12,17H2,(H,28,33);1H. The van der Waals surface area contributed by atoms with Crippen LogP contribution in [0.15, 0.2) is 59.4 Å². The van der Waals surface area contributed by atoms with Gasteiger partial charge in [0.2, 0.25) is 0 Å². The van der Waals surface area contributed by atoms with Crippen LogP contribution in [-0.2, 0) is 11.3 Å². The molecule has 1 aromatic heterocycles. The Labute approximate surface area is 208 Å². The molecule has 0 radical (unpaired) electrons. The number of hydrogen-bond donors (Lipinski definition) is 1. The number of nitrogens with zero attached hydrogens (tertiary/aromatic N) is 3. The normalized spacial score (nSPS) is 13.3.